The third-order valence-electron chi connectivity index (χ3n) is 2.07. The summed E-state index contributed by atoms with van der Waals surface area (Å²) in [5.41, 5.74) is 0.731. The highest BCUT2D eigenvalue weighted by Crippen LogP contribution is 2.19. The molecule has 16 heavy (non-hydrogen) atoms. The smallest absolute Gasteiger partial charge is 0.413 e. The van der Waals surface area contributed by atoms with Gasteiger partial charge in [-0.1, -0.05) is 22.6 Å². The topological polar surface area (TPSA) is 49.8 Å². The molecular weight excluding hydrogens is 321 g/mol. The van der Waals surface area contributed by atoms with Crippen LogP contribution in [0.1, 0.15) is 6.42 Å². The molecule has 5 heteroatoms. The summed E-state index contributed by atoms with van der Waals surface area (Å²) in [6.07, 6.45) is 0.520. The zero-order chi connectivity index (χ0) is 12.0. The molecule has 0 radical (unpaired) electrons. The number of nitrogens with zero attached hydrogens (tertiary/aromatic N) is 1. The lowest BCUT2D eigenvalue weighted by Crippen LogP contribution is -2.31. The number of hydrogen-bond donors (Lipinski definition) is 1. The Labute approximate surface area is 108 Å². The van der Waals surface area contributed by atoms with Gasteiger partial charge in [0.05, 0.1) is 7.11 Å². The van der Waals surface area contributed by atoms with Gasteiger partial charge in [0.25, 0.3) is 0 Å². The summed E-state index contributed by atoms with van der Waals surface area (Å²) < 4.78 is 5.69. The number of carbonyl (C=O) groups excluding carboxylic acids is 1. The zero-order valence-corrected chi connectivity index (χ0v) is 11.2. The van der Waals surface area contributed by atoms with Crippen LogP contribution in [0, 0.1) is 0 Å². The first-order valence-electron chi connectivity index (χ1n) is 4.89. The number of ether oxygens (including phenoxy) is 1. The quantitative estimate of drug-likeness (QED) is 0.680. The molecule has 0 aliphatic carbocycles. The van der Waals surface area contributed by atoms with Crippen LogP contribution in [0.3, 0.4) is 0 Å². The van der Waals surface area contributed by atoms with Crippen LogP contribution in [0.25, 0.3) is 0 Å². The highest BCUT2D eigenvalue weighted by Gasteiger charge is 2.15. The number of carbonyl (C=O) groups is 1. The van der Waals surface area contributed by atoms with E-state index in [0.717, 1.165) is 16.5 Å². The summed E-state index contributed by atoms with van der Waals surface area (Å²) in [6, 6.07) is 6.49. The monoisotopic (exact) mass is 335 g/mol. The Bertz CT molecular complexity index is 340. The number of methoxy groups -OCH3 is 1. The lowest BCUT2D eigenvalue weighted by molar-refractivity contribution is 0.178. The Morgan fingerprint density at radius 2 is 2.06 bits per heavy atom. The first-order chi connectivity index (χ1) is 7.69. The van der Waals surface area contributed by atoms with Gasteiger partial charge in [0.15, 0.2) is 0 Å². The van der Waals surface area contributed by atoms with E-state index in [9.17, 15) is 9.90 Å². The number of halogens is 1. The van der Waals surface area contributed by atoms with Crippen LogP contribution in [-0.2, 0) is 4.74 Å². The second-order valence-corrected chi connectivity index (χ2v) is 4.26. The Hall–Kier alpha value is -0.980. The van der Waals surface area contributed by atoms with E-state index in [0.29, 0.717) is 6.54 Å². The second-order valence-electron chi connectivity index (χ2n) is 3.18. The molecule has 1 aromatic rings. The van der Waals surface area contributed by atoms with Crippen molar-refractivity contribution in [3.63, 3.8) is 0 Å². The molecule has 0 spiro atoms. The number of phenols is 1. The zero-order valence-electron chi connectivity index (χ0n) is 9.02. The first-order valence-corrected chi connectivity index (χ1v) is 6.42. The largest absolute Gasteiger partial charge is 0.508 e. The van der Waals surface area contributed by atoms with Crippen LogP contribution in [0.5, 0.6) is 5.75 Å². The molecule has 0 bridgehead atoms. The Balaban J connectivity index is 2.82. The van der Waals surface area contributed by atoms with E-state index in [1.54, 1.807) is 29.2 Å². The van der Waals surface area contributed by atoms with Crippen molar-refractivity contribution in [3.05, 3.63) is 24.3 Å². The molecule has 1 rings (SSSR count). The number of anilines is 1. The molecule has 88 valence electrons. The SMILES string of the molecule is COC(=O)N(CCCI)c1ccc(O)cc1. The van der Waals surface area contributed by atoms with E-state index in [-0.39, 0.29) is 11.8 Å². The third kappa shape index (κ3) is 3.55. The minimum absolute atomic E-state index is 0.183. The van der Waals surface area contributed by atoms with Crippen molar-refractivity contribution < 1.29 is 14.6 Å². The number of benzene rings is 1. The molecule has 0 fully saturated rings. The number of aromatic hydroxyl groups is 1. The molecule has 0 saturated heterocycles. The molecular formula is C11H14INO3. The minimum Gasteiger partial charge on any atom is -0.508 e. The number of hydrogen-bond acceptors (Lipinski definition) is 3. The van der Waals surface area contributed by atoms with Crippen LogP contribution < -0.4 is 4.90 Å². The number of rotatable bonds is 4. The normalized spacial score (nSPS) is 9.88. The number of amides is 1. The average Bonchev–Trinajstić information content (AvgIpc) is 2.31. The summed E-state index contributed by atoms with van der Waals surface area (Å²) in [4.78, 5) is 13.1. The molecule has 0 atom stereocenters. The Morgan fingerprint density at radius 1 is 1.44 bits per heavy atom. The minimum atomic E-state index is -0.379. The molecule has 0 heterocycles. The van der Waals surface area contributed by atoms with E-state index < -0.39 is 0 Å². The highest BCUT2D eigenvalue weighted by atomic mass is 127. The van der Waals surface area contributed by atoms with Gasteiger partial charge in [0.2, 0.25) is 0 Å². The van der Waals surface area contributed by atoms with Crippen molar-refractivity contribution in [1.82, 2.24) is 0 Å². The van der Waals surface area contributed by atoms with Crippen molar-refractivity contribution >= 4 is 34.4 Å². The summed E-state index contributed by atoms with van der Waals surface area (Å²) in [5.74, 6) is 0.183. The van der Waals surface area contributed by atoms with Gasteiger partial charge >= 0.3 is 6.09 Å². The van der Waals surface area contributed by atoms with Gasteiger partial charge in [-0.15, -0.1) is 0 Å². The van der Waals surface area contributed by atoms with Crippen molar-refractivity contribution in [2.75, 3.05) is 23.0 Å². The lowest BCUT2D eigenvalue weighted by Gasteiger charge is -2.20. The summed E-state index contributed by atoms with van der Waals surface area (Å²) in [5, 5.41) is 9.17. The van der Waals surface area contributed by atoms with Gasteiger partial charge in [0.1, 0.15) is 5.75 Å². The van der Waals surface area contributed by atoms with Gasteiger partial charge < -0.3 is 9.84 Å². The molecule has 0 unspecified atom stereocenters. The molecule has 0 aliphatic heterocycles. The third-order valence-corrected chi connectivity index (χ3v) is 2.83. The second kappa shape index (κ2) is 6.57. The van der Waals surface area contributed by atoms with Crippen LogP contribution >= 0.6 is 22.6 Å². The molecule has 1 N–H and O–H groups in total. The molecule has 1 aromatic carbocycles. The fraction of sp³-hybridized carbons (Fsp3) is 0.364. The van der Waals surface area contributed by atoms with Gasteiger partial charge in [-0.3, -0.25) is 4.90 Å². The maximum Gasteiger partial charge on any atom is 0.413 e. The van der Waals surface area contributed by atoms with E-state index >= 15 is 0 Å². The van der Waals surface area contributed by atoms with Crippen molar-refractivity contribution in [1.29, 1.82) is 0 Å². The maximum absolute atomic E-state index is 11.5. The van der Waals surface area contributed by atoms with E-state index in [1.807, 2.05) is 0 Å². The van der Waals surface area contributed by atoms with Crippen molar-refractivity contribution in [2.45, 2.75) is 6.42 Å². The van der Waals surface area contributed by atoms with Crippen LogP contribution in [0.15, 0.2) is 24.3 Å². The molecule has 0 aromatic heterocycles. The van der Waals surface area contributed by atoms with Crippen LogP contribution in [0.4, 0.5) is 10.5 Å². The highest BCUT2D eigenvalue weighted by molar-refractivity contribution is 14.1. The predicted molar refractivity (Wildman–Crippen MR) is 71.4 cm³/mol. The summed E-state index contributed by atoms with van der Waals surface area (Å²) in [6.45, 7) is 0.611. The number of phenolic OH excluding ortho intramolecular Hbond substituents is 1. The van der Waals surface area contributed by atoms with Gasteiger partial charge in [-0.2, -0.15) is 0 Å². The fourth-order valence-corrected chi connectivity index (χ4v) is 1.63. The molecule has 1 amide bonds. The van der Waals surface area contributed by atoms with Crippen LogP contribution in [-0.4, -0.2) is 29.3 Å². The summed E-state index contributed by atoms with van der Waals surface area (Å²) >= 11 is 2.26. The average molecular weight is 335 g/mol. The standard InChI is InChI=1S/C11H14INO3/c1-16-11(15)13(8-2-7-12)9-3-5-10(14)6-4-9/h3-6,14H,2,7-8H2,1H3. The fourth-order valence-electron chi connectivity index (χ4n) is 1.29. The van der Waals surface area contributed by atoms with E-state index in [4.69, 9.17) is 4.74 Å². The molecule has 4 nitrogen and oxygen atoms in total. The first kappa shape index (κ1) is 13.1. The lowest BCUT2D eigenvalue weighted by atomic mass is 10.2. The predicted octanol–water partition coefficient (Wildman–Crippen LogP) is 2.79. The molecule has 0 aliphatic rings. The van der Waals surface area contributed by atoms with E-state index in [2.05, 4.69) is 22.6 Å². The number of alkyl halides is 1. The van der Waals surface area contributed by atoms with Gasteiger partial charge in [0, 0.05) is 16.7 Å². The summed E-state index contributed by atoms with van der Waals surface area (Å²) in [7, 11) is 1.36. The van der Waals surface area contributed by atoms with Gasteiger partial charge in [-0.05, 0) is 30.7 Å². The Morgan fingerprint density at radius 3 is 2.56 bits per heavy atom. The van der Waals surface area contributed by atoms with Crippen molar-refractivity contribution in [2.24, 2.45) is 0 Å². The Kier molecular flexibility index (Phi) is 5.37. The van der Waals surface area contributed by atoms with E-state index in [1.165, 1.54) is 7.11 Å². The molecule has 0 saturated carbocycles. The van der Waals surface area contributed by atoms with Crippen LogP contribution in [0.2, 0.25) is 0 Å². The van der Waals surface area contributed by atoms with Gasteiger partial charge in [-0.25, -0.2) is 4.79 Å². The maximum atomic E-state index is 11.5. The van der Waals surface area contributed by atoms with Crippen molar-refractivity contribution in [3.8, 4) is 5.75 Å².